The largest absolute Gasteiger partial charge is 0.398 e. The molecule has 1 fully saturated rings. The number of likely N-dealkylation sites (N-methyl/N-ethyl adjacent to an activating group) is 2. The molecular formula is C16H25N3O. The van der Waals surface area contributed by atoms with Gasteiger partial charge in [-0.25, -0.2) is 0 Å². The topological polar surface area (TPSA) is 49.6 Å². The van der Waals surface area contributed by atoms with Gasteiger partial charge in [0.15, 0.2) is 0 Å². The number of nitrogen functional groups attached to an aromatic ring is 1. The van der Waals surface area contributed by atoms with Crippen molar-refractivity contribution in [3.8, 4) is 0 Å². The molecule has 0 radical (unpaired) electrons. The predicted molar refractivity (Wildman–Crippen MR) is 82.8 cm³/mol. The number of nitrogens with zero attached hydrogens (tertiary/aromatic N) is 2. The Kier molecular flexibility index (Phi) is 4.65. The number of amides is 1. The Bertz CT molecular complexity index is 487. The van der Waals surface area contributed by atoms with Crippen LogP contribution in [-0.4, -0.2) is 48.4 Å². The molecular weight excluding hydrogens is 250 g/mol. The summed E-state index contributed by atoms with van der Waals surface area (Å²) in [6, 6.07) is 6.03. The highest BCUT2D eigenvalue weighted by atomic mass is 16.2. The van der Waals surface area contributed by atoms with Crippen molar-refractivity contribution in [2.24, 2.45) is 0 Å². The first kappa shape index (κ1) is 14.9. The third kappa shape index (κ3) is 2.96. The third-order valence-corrected chi connectivity index (χ3v) is 4.34. The summed E-state index contributed by atoms with van der Waals surface area (Å²) >= 11 is 0. The lowest BCUT2D eigenvalue weighted by Crippen LogP contribution is -2.41. The zero-order valence-electron chi connectivity index (χ0n) is 12.7. The maximum absolute atomic E-state index is 12.6. The Morgan fingerprint density at radius 3 is 2.95 bits per heavy atom. The molecule has 1 atom stereocenters. The first-order valence-corrected chi connectivity index (χ1v) is 7.39. The van der Waals surface area contributed by atoms with Crippen LogP contribution in [0, 0.1) is 6.92 Å². The lowest BCUT2D eigenvalue weighted by molar-refractivity contribution is 0.0754. The van der Waals surface area contributed by atoms with Gasteiger partial charge in [-0.3, -0.25) is 9.69 Å². The third-order valence-electron chi connectivity index (χ3n) is 4.34. The van der Waals surface area contributed by atoms with Crippen LogP contribution in [0.3, 0.4) is 0 Å². The van der Waals surface area contributed by atoms with Crippen LogP contribution in [0.2, 0.25) is 0 Å². The Balaban J connectivity index is 2.07. The van der Waals surface area contributed by atoms with Gasteiger partial charge in [0.1, 0.15) is 0 Å². The van der Waals surface area contributed by atoms with Crippen LogP contribution in [0.1, 0.15) is 35.7 Å². The van der Waals surface area contributed by atoms with Gasteiger partial charge in [0.2, 0.25) is 0 Å². The fourth-order valence-electron chi connectivity index (χ4n) is 3.01. The molecule has 1 unspecified atom stereocenters. The normalized spacial score (nSPS) is 19.2. The first-order chi connectivity index (χ1) is 9.54. The van der Waals surface area contributed by atoms with E-state index < -0.39 is 0 Å². The molecule has 20 heavy (non-hydrogen) atoms. The SMILES string of the molecule is CCN1CCCC1CN(C)C(=O)c1cccc(N)c1C. The second kappa shape index (κ2) is 6.27. The molecule has 0 aliphatic carbocycles. The van der Waals surface area contributed by atoms with E-state index in [1.54, 1.807) is 0 Å². The number of likely N-dealkylation sites (tertiary alicyclic amines) is 1. The number of nitrogens with two attached hydrogens (primary N) is 1. The fraction of sp³-hybridized carbons (Fsp3) is 0.562. The molecule has 1 amide bonds. The number of hydrogen-bond donors (Lipinski definition) is 1. The van der Waals surface area contributed by atoms with Crippen LogP contribution in [0.15, 0.2) is 18.2 Å². The van der Waals surface area contributed by atoms with Crippen molar-refractivity contribution in [2.45, 2.75) is 32.7 Å². The number of carbonyl (C=O) groups excluding carboxylic acids is 1. The molecule has 1 aliphatic heterocycles. The van der Waals surface area contributed by atoms with Gasteiger partial charge in [0.05, 0.1) is 0 Å². The van der Waals surface area contributed by atoms with Gasteiger partial charge < -0.3 is 10.6 Å². The highest BCUT2D eigenvalue weighted by Gasteiger charge is 2.26. The monoisotopic (exact) mass is 275 g/mol. The van der Waals surface area contributed by atoms with Gasteiger partial charge in [-0.15, -0.1) is 0 Å². The van der Waals surface area contributed by atoms with E-state index in [-0.39, 0.29) is 5.91 Å². The number of hydrogen-bond acceptors (Lipinski definition) is 3. The van der Waals surface area contributed by atoms with Gasteiger partial charge in [-0.2, -0.15) is 0 Å². The van der Waals surface area contributed by atoms with E-state index in [0.717, 1.165) is 25.2 Å². The lowest BCUT2D eigenvalue weighted by Gasteiger charge is -2.28. The molecule has 0 spiro atoms. The molecule has 1 saturated heterocycles. The van der Waals surface area contributed by atoms with Crippen molar-refractivity contribution >= 4 is 11.6 Å². The standard InChI is InChI=1S/C16H25N3O/c1-4-19-10-6-7-13(19)11-18(3)16(20)14-8-5-9-15(17)12(14)2/h5,8-9,13H,4,6-7,10-11,17H2,1-3H3. The molecule has 110 valence electrons. The summed E-state index contributed by atoms with van der Waals surface area (Å²) in [4.78, 5) is 16.8. The van der Waals surface area contributed by atoms with E-state index in [1.165, 1.54) is 12.8 Å². The van der Waals surface area contributed by atoms with E-state index in [1.807, 2.05) is 37.1 Å². The second-order valence-electron chi connectivity index (χ2n) is 5.63. The molecule has 1 heterocycles. The minimum absolute atomic E-state index is 0.0674. The number of carbonyl (C=O) groups is 1. The van der Waals surface area contributed by atoms with Crippen LogP contribution in [0.25, 0.3) is 0 Å². The number of rotatable bonds is 4. The zero-order valence-corrected chi connectivity index (χ0v) is 12.7. The van der Waals surface area contributed by atoms with Gasteiger partial charge in [-0.05, 0) is 50.6 Å². The Labute approximate surface area is 121 Å². The Hall–Kier alpha value is -1.55. The van der Waals surface area contributed by atoms with E-state index in [9.17, 15) is 4.79 Å². The van der Waals surface area contributed by atoms with E-state index in [0.29, 0.717) is 17.3 Å². The van der Waals surface area contributed by atoms with Crippen LogP contribution < -0.4 is 5.73 Å². The summed E-state index contributed by atoms with van der Waals surface area (Å²) in [7, 11) is 1.89. The molecule has 1 aromatic carbocycles. The second-order valence-corrected chi connectivity index (χ2v) is 5.63. The molecule has 1 aromatic rings. The molecule has 0 aromatic heterocycles. The molecule has 0 saturated carbocycles. The first-order valence-electron chi connectivity index (χ1n) is 7.39. The van der Waals surface area contributed by atoms with Crippen molar-refractivity contribution in [2.75, 3.05) is 32.4 Å². The van der Waals surface area contributed by atoms with Crippen LogP contribution in [-0.2, 0) is 0 Å². The van der Waals surface area contributed by atoms with Crippen LogP contribution in [0.5, 0.6) is 0 Å². The van der Waals surface area contributed by atoms with Crippen molar-refractivity contribution in [3.63, 3.8) is 0 Å². The molecule has 1 aliphatic rings. The van der Waals surface area contributed by atoms with Crippen molar-refractivity contribution in [3.05, 3.63) is 29.3 Å². The minimum atomic E-state index is 0.0674. The van der Waals surface area contributed by atoms with Crippen molar-refractivity contribution in [1.29, 1.82) is 0 Å². The van der Waals surface area contributed by atoms with Gasteiger partial charge in [0.25, 0.3) is 5.91 Å². The maximum Gasteiger partial charge on any atom is 0.253 e. The summed E-state index contributed by atoms with van der Waals surface area (Å²) < 4.78 is 0. The summed E-state index contributed by atoms with van der Waals surface area (Å²) in [5, 5.41) is 0. The highest BCUT2D eigenvalue weighted by molar-refractivity contribution is 5.96. The smallest absolute Gasteiger partial charge is 0.253 e. The average Bonchev–Trinajstić information content (AvgIpc) is 2.88. The number of benzene rings is 1. The molecule has 2 rings (SSSR count). The van der Waals surface area contributed by atoms with E-state index in [2.05, 4.69) is 11.8 Å². The maximum atomic E-state index is 12.6. The Morgan fingerprint density at radius 2 is 2.25 bits per heavy atom. The summed E-state index contributed by atoms with van der Waals surface area (Å²) in [5.74, 6) is 0.0674. The summed E-state index contributed by atoms with van der Waals surface area (Å²) in [6.07, 6.45) is 2.42. The average molecular weight is 275 g/mol. The molecule has 0 bridgehead atoms. The van der Waals surface area contributed by atoms with Crippen molar-refractivity contribution < 1.29 is 4.79 Å². The minimum Gasteiger partial charge on any atom is -0.398 e. The lowest BCUT2D eigenvalue weighted by atomic mass is 10.1. The fourth-order valence-corrected chi connectivity index (χ4v) is 3.01. The van der Waals surface area contributed by atoms with Crippen LogP contribution in [0.4, 0.5) is 5.69 Å². The van der Waals surface area contributed by atoms with Crippen LogP contribution >= 0.6 is 0 Å². The van der Waals surface area contributed by atoms with Gasteiger partial charge in [-0.1, -0.05) is 13.0 Å². The van der Waals surface area contributed by atoms with E-state index in [4.69, 9.17) is 5.73 Å². The molecule has 2 N–H and O–H groups in total. The summed E-state index contributed by atoms with van der Waals surface area (Å²) in [6.45, 7) is 7.10. The molecule has 4 heteroatoms. The highest BCUT2D eigenvalue weighted by Crippen LogP contribution is 2.20. The predicted octanol–water partition coefficient (Wildman–Crippen LogP) is 2.13. The van der Waals surface area contributed by atoms with Gasteiger partial charge >= 0.3 is 0 Å². The zero-order chi connectivity index (χ0) is 14.7. The van der Waals surface area contributed by atoms with Crippen molar-refractivity contribution in [1.82, 2.24) is 9.80 Å². The quantitative estimate of drug-likeness (QED) is 0.856. The van der Waals surface area contributed by atoms with Gasteiger partial charge in [0, 0.05) is 30.9 Å². The Morgan fingerprint density at radius 1 is 1.50 bits per heavy atom. The van der Waals surface area contributed by atoms with E-state index >= 15 is 0 Å². The number of anilines is 1. The molecule has 4 nitrogen and oxygen atoms in total. The summed E-state index contributed by atoms with van der Waals surface area (Å²) in [5.41, 5.74) is 8.16.